The lowest BCUT2D eigenvalue weighted by Gasteiger charge is -2.06. The van der Waals surface area contributed by atoms with Gasteiger partial charge in [0, 0.05) is 18.5 Å². The Kier molecular flexibility index (Phi) is 3.29. The molecule has 0 aliphatic rings. The molecular formula is C10H11N5OS. The van der Waals surface area contributed by atoms with Gasteiger partial charge in [-0.2, -0.15) is 0 Å². The normalized spacial score (nSPS) is 10.2. The zero-order valence-electron chi connectivity index (χ0n) is 9.17. The first-order chi connectivity index (χ1) is 8.16. The van der Waals surface area contributed by atoms with Crippen molar-refractivity contribution in [3.63, 3.8) is 0 Å². The van der Waals surface area contributed by atoms with E-state index in [4.69, 9.17) is 22.5 Å². The molecule has 2 rings (SSSR count). The fourth-order valence-corrected chi connectivity index (χ4v) is 1.47. The van der Waals surface area contributed by atoms with Gasteiger partial charge < -0.3 is 15.6 Å². The molecule has 3 N–H and O–H groups in total. The molecule has 17 heavy (non-hydrogen) atoms. The van der Waals surface area contributed by atoms with Crippen molar-refractivity contribution in [1.29, 1.82) is 0 Å². The molecule has 0 bridgehead atoms. The SMILES string of the molecule is Cc1cc(CNc2nccnc2C(N)=S)no1. The summed E-state index contributed by atoms with van der Waals surface area (Å²) in [6.45, 7) is 2.31. The van der Waals surface area contributed by atoms with E-state index in [1.807, 2.05) is 13.0 Å². The van der Waals surface area contributed by atoms with E-state index in [-0.39, 0.29) is 4.99 Å². The van der Waals surface area contributed by atoms with Gasteiger partial charge in [0.25, 0.3) is 0 Å². The number of hydrogen-bond donors (Lipinski definition) is 2. The molecule has 0 fully saturated rings. The lowest BCUT2D eigenvalue weighted by atomic mass is 10.3. The minimum Gasteiger partial charge on any atom is -0.388 e. The molecule has 2 heterocycles. The fraction of sp³-hybridized carbons (Fsp3) is 0.200. The van der Waals surface area contributed by atoms with E-state index < -0.39 is 0 Å². The van der Waals surface area contributed by atoms with Crippen molar-refractivity contribution in [2.24, 2.45) is 5.73 Å². The van der Waals surface area contributed by atoms with Gasteiger partial charge in [0.2, 0.25) is 0 Å². The van der Waals surface area contributed by atoms with E-state index in [1.165, 1.54) is 0 Å². The van der Waals surface area contributed by atoms with Crippen molar-refractivity contribution in [1.82, 2.24) is 15.1 Å². The first-order valence-corrected chi connectivity index (χ1v) is 5.34. The number of thiocarbonyl (C=S) groups is 1. The highest BCUT2D eigenvalue weighted by Gasteiger charge is 2.08. The number of anilines is 1. The molecule has 0 radical (unpaired) electrons. The van der Waals surface area contributed by atoms with Gasteiger partial charge in [0.1, 0.15) is 22.1 Å². The average Bonchev–Trinajstić information content (AvgIpc) is 2.73. The first-order valence-electron chi connectivity index (χ1n) is 4.93. The summed E-state index contributed by atoms with van der Waals surface area (Å²) in [6.07, 6.45) is 3.11. The Morgan fingerprint density at radius 3 is 2.88 bits per heavy atom. The number of hydrogen-bond acceptors (Lipinski definition) is 6. The topological polar surface area (TPSA) is 89.9 Å². The van der Waals surface area contributed by atoms with Crippen LogP contribution >= 0.6 is 12.2 Å². The minimum atomic E-state index is 0.205. The summed E-state index contributed by atoms with van der Waals surface area (Å²) in [5.74, 6) is 1.30. The van der Waals surface area contributed by atoms with Crippen LogP contribution in [-0.2, 0) is 6.54 Å². The van der Waals surface area contributed by atoms with Gasteiger partial charge in [0.05, 0.1) is 6.54 Å². The zero-order valence-corrected chi connectivity index (χ0v) is 9.99. The average molecular weight is 249 g/mol. The van der Waals surface area contributed by atoms with Crippen molar-refractivity contribution in [2.45, 2.75) is 13.5 Å². The smallest absolute Gasteiger partial charge is 0.155 e. The van der Waals surface area contributed by atoms with Crippen LogP contribution in [0.15, 0.2) is 23.0 Å². The molecule has 0 spiro atoms. The molecule has 0 aliphatic carbocycles. The summed E-state index contributed by atoms with van der Waals surface area (Å²) in [6, 6.07) is 1.84. The molecule has 0 aliphatic heterocycles. The predicted octanol–water partition coefficient (Wildman–Crippen LogP) is 1.02. The van der Waals surface area contributed by atoms with Crippen LogP contribution in [0, 0.1) is 6.92 Å². The standard InChI is InChI=1S/C10H11N5OS/c1-6-4-7(15-16-6)5-14-10-8(9(11)17)12-2-3-13-10/h2-4H,5H2,1H3,(H2,11,17)(H,13,14). The van der Waals surface area contributed by atoms with E-state index >= 15 is 0 Å². The van der Waals surface area contributed by atoms with Crippen LogP contribution in [0.5, 0.6) is 0 Å². The van der Waals surface area contributed by atoms with Crippen molar-refractivity contribution < 1.29 is 4.52 Å². The molecule has 0 atom stereocenters. The molecule has 0 aromatic carbocycles. The van der Waals surface area contributed by atoms with Crippen molar-refractivity contribution >= 4 is 23.0 Å². The molecule has 88 valence electrons. The Bertz CT molecular complexity index is 539. The largest absolute Gasteiger partial charge is 0.388 e. The van der Waals surface area contributed by atoms with Gasteiger partial charge in [-0.25, -0.2) is 9.97 Å². The van der Waals surface area contributed by atoms with Crippen molar-refractivity contribution in [3.05, 3.63) is 35.6 Å². The Balaban J connectivity index is 2.11. The van der Waals surface area contributed by atoms with E-state index in [9.17, 15) is 0 Å². The Labute approximate surface area is 103 Å². The number of rotatable bonds is 4. The van der Waals surface area contributed by atoms with Crippen LogP contribution in [0.4, 0.5) is 5.82 Å². The van der Waals surface area contributed by atoms with E-state index in [0.29, 0.717) is 18.1 Å². The number of aryl methyl sites for hydroxylation is 1. The minimum absolute atomic E-state index is 0.205. The summed E-state index contributed by atoms with van der Waals surface area (Å²) in [7, 11) is 0. The third-order valence-electron chi connectivity index (χ3n) is 2.05. The molecule has 7 heteroatoms. The quantitative estimate of drug-likeness (QED) is 0.782. The summed E-state index contributed by atoms with van der Waals surface area (Å²) < 4.78 is 4.95. The third-order valence-corrected chi connectivity index (χ3v) is 2.24. The second-order valence-corrected chi connectivity index (χ2v) is 3.84. The molecule has 0 saturated carbocycles. The van der Waals surface area contributed by atoms with Crippen molar-refractivity contribution in [3.8, 4) is 0 Å². The summed E-state index contributed by atoms with van der Waals surface area (Å²) in [5, 5.41) is 6.92. The third kappa shape index (κ3) is 2.76. The van der Waals surface area contributed by atoms with Crippen LogP contribution in [-0.4, -0.2) is 20.1 Å². The monoisotopic (exact) mass is 249 g/mol. The van der Waals surface area contributed by atoms with Crippen LogP contribution in [0.2, 0.25) is 0 Å². The molecular weight excluding hydrogens is 238 g/mol. The summed E-state index contributed by atoms with van der Waals surface area (Å²) in [4.78, 5) is 8.39. The summed E-state index contributed by atoms with van der Waals surface area (Å²) in [5.41, 5.74) is 6.80. The highest BCUT2D eigenvalue weighted by Crippen LogP contribution is 2.10. The number of nitrogens with zero attached hydrogens (tertiary/aromatic N) is 3. The van der Waals surface area contributed by atoms with Gasteiger partial charge in [-0.3, -0.25) is 0 Å². The second-order valence-electron chi connectivity index (χ2n) is 3.40. The van der Waals surface area contributed by atoms with Crippen LogP contribution in [0.25, 0.3) is 0 Å². The van der Waals surface area contributed by atoms with Gasteiger partial charge in [0.15, 0.2) is 5.82 Å². The maximum absolute atomic E-state index is 5.54. The maximum Gasteiger partial charge on any atom is 0.155 e. The maximum atomic E-state index is 5.54. The van der Waals surface area contributed by atoms with Crippen LogP contribution in [0.1, 0.15) is 17.1 Å². The van der Waals surface area contributed by atoms with Gasteiger partial charge in [-0.1, -0.05) is 17.4 Å². The molecule has 6 nitrogen and oxygen atoms in total. The van der Waals surface area contributed by atoms with E-state index in [0.717, 1.165) is 11.5 Å². The first kappa shape index (κ1) is 11.5. The van der Waals surface area contributed by atoms with Crippen LogP contribution in [0.3, 0.4) is 0 Å². The molecule has 0 saturated heterocycles. The van der Waals surface area contributed by atoms with Gasteiger partial charge in [-0.05, 0) is 6.92 Å². The van der Waals surface area contributed by atoms with Crippen LogP contribution < -0.4 is 11.1 Å². The van der Waals surface area contributed by atoms with Gasteiger partial charge >= 0.3 is 0 Å². The highest BCUT2D eigenvalue weighted by molar-refractivity contribution is 7.80. The highest BCUT2D eigenvalue weighted by atomic mass is 32.1. The van der Waals surface area contributed by atoms with E-state index in [1.54, 1.807) is 12.4 Å². The molecule has 0 unspecified atom stereocenters. The Morgan fingerprint density at radius 1 is 1.47 bits per heavy atom. The molecule has 2 aromatic heterocycles. The fourth-order valence-electron chi connectivity index (χ4n) is 1.32. The number of nitrogens with one attached hydrogen (secondary N) is 1. The second kappa shape index (κ2) is 4.88. The lowest BCUT2D eigenvalue weighted by molar-refractivity contribution is 0.391. The zero-order chi connectivity index (χ0) is 12.3. The molecule has 0 amide bonds. The predicted molar refractivity (Wildman–Crippen MR) is 66.5 cm³/mol. The van der Waals surface area contributed by atoms with Crippen molar-refractivity contribution in [2.75, 3.05) is 5.32 Å². The molecule has 2 aromatic rings. The number of aromatic nitrogens is 3. The Morgan fingerprint density at radius 2 is 2.24 bits per heavy atom. The Hall–Kier alpha value is -2.02. The van der Waals surface area contributed by atoms with Gasteiger partial charge in [-0.15, -0.1) is 0 Å². The summed E-state index contributed by atoms with van der Waals surface area (Å²) >= 11 is 4.89. The lowest BCUT2D eigenvalue weighted by Crippen LogP contribution is -2.16. The van der Waals surface area contributed by atoms with E-state index in [2.05, 4.69) is 20.4 Å². The number of nitrogens with two attached hydrogens (primary N) is 1.